The number of hydrogen-bond donors (Lipinski definition) is 1. The summed E-state index contributed by atoms with van der Waals surface area (Å²) in [5.41, 5.74) is 1.71. The van der Waals surface area contributed by atoms with E-state index in [1.807, 2.05) is 28.6 Å². The monoisotopic (exact) mass is 507 g/mol. The Morgan fingerprint density at radius 1 is 1.08 bits per heavy atom. The highest BCUT2D eigenvalue weighted by Crippen LogP contribution is 2.45. The predicted octanol–water partition coefficient (Wildman–Crippen LogP) is 3.49. The Morgan fingerprint density at radius 3 is 2.81 bits per heavy atom. The van der Waals surface area contributed by atoms with Crippen LogP contribution >= 0.6 is 11.3 Å². The number of carbonyl (C=O) groups excluding carboxylic acids is 1. The van der Waals surface area contributed by atoms with Crippen molar-refractivity contribution in [2.45, 2.75) is 18.6 Å². The van der Waals surface area contributed by atoms with E-state index in [0.29, 0.717) is 12.2 Å². The first kappa shape index (κ1) is 21.5. The highest BCUT2D eigenvalue weighted by atomic mass is 32.1. The van der Waals surface area contributed by atoms with Crippen molar-refractivity contribution in [1.29, 1.82) is 0 Å². The van der Waals surface area contributed by atoms with Crippen LogP contribution in [0.15, 0.2) is 52.8 Å². The summed E-state index contributed by atoms with van der Waals surface area (Å²) in [6.07, 6.45) is 1.05. The minimum Gasteiger partial charge on any atom is -0.502 e. The van der Waals surface area contributed by atoms with Crippen LogP contribution < -0.4 is 10.4 Å². The number of fused-ring (bicyclic) bond motifs is 3. The zero-order chi connectivity index (χ0) is 24.7. The molecule has 0 radical (unpaired) electrons. The Kier molecular flexibility index (Phi) is 4.55. The fourth-order valence-corrected chi connectivity index (χ4v) is 6.75. The van der Waals surface area contributed by atoms with Crippen LogP contribution in [0.3, 0.4) is 0 Å². The highest BCUT2D eigenvalue weighted by molar-refractivity contribution is 7.17. The number of benzene rings is 2. The average Bonchev–Trinajstić information content (AvgIpc) is 3.24. The number of rotatable bonds is 1. The van der Waals surface area contributed by atoms with E-state index in [-0.39, 0.29) is 30.8 Å². The molecule has 4 aromatic rings. The van der Waals surface area contributed by atoms with Gasteiger partial charge in [-0.15, -0.1) is 11.3 Å². The van der Waals surface area contributed by atoms with E-state index in [2.05, 4.69) is 0 Å². The normalized spacial score (nSPS) is 20.7. The molecular formula is C26H19F2N3O4S. The number of aromatic nitrogens is 1. The van der Waals surface area contributed by atoms with Gasteiger partial charge in [-0.05, 0) is 34.2 Å². The van der Waals surface area contributed by atoms with Gasteiger partial charge >= 0.3 is 0 Å². The highest BCUT2D eigenvalue weighted by Gasteiger charge is 2.46. The van der Waals surface area contributed by atoms with Crippen LogP contribution in [0.2, 0.25) is 0 Å². The molecule has 0 spiro atoms. The number of halogens is 2. The van der Waals surface area contributed by atoms with Gasteiger partial charge < -0.3 is 14.7 Å². The maximum Gasteiger partial charge on any atom is 0.278 e. The SMILES string of the molecule is O=C1c2c(O)c(=O)ccn2N(C2c3ccc(F)c(F)c3Cc3csc4cccc2c34)[C@@H]2COCCN12. The van der Waals surface area contributed by atoms with Crippen LogP contribution in [0.5, 0.6) is 5.75 Å². The molecule has 2 aliphatic heterocycles. The minimum atomic E-state index is -0.928. The third-order valence-electron chi connectivity index (χ3n) is 7.34. The van der Waals surface area contributed by atoms with Gasteiger partial charge in [0.25, 0.3) is 5.91 Å². The van der Waals surface area contributed by atoms with E-state index >= 15 is 4.39 Å². The molecule has 2 aromatic carbocycles. The number of nitrogens with zero attached hydrogens (tertiary/aromatic N) is 3. The van der Waals surface area contributed by atoms with Crippen molar-refractivity contribution < 1.29 is 23.4 Å². The lowest BCUT2D eigenvalue weighted by Crippen LogP contribution is -2.66. The molecule has 1 aliphatic carbocycles. The molecule has 1 unspecified atom stereocenters. The lowest BCUT2D eigenvalue weighted by molar-refractivity contribution is -0.0196. The summed E-state index contributed by atoms with van der Waals surface area (Å²) < 4.78 is 38.1. The molecule has 4 heterocycles. The van der Waals surface area contributed by atoms with E-state index in [0.717, 1.165) is 27.3 Å². The first-order valence-corrected chi connectivity index (χ1v) is 12.4. The van der Waals surface area contributed by atoms with Gasteiger partial charge in [0.05, 0.1) is 19.3 Å². The van der Waals surface area contributed by atoms with Crippen LogP contribution in [0.25, 0.3) is 10.1 Å². The molecule has 7 rings (SSSR count). The van der Waals surface area contributed by atoms with Crippen molar-refractivity contribution in [2.75, 3.05) is 24.8 Å². The second-order valence-corrected chi connectivity index (χ2v) is 10.1. The van der Waals surface area contributed by atoms with Gasteiger partial charge in [-0.1, -0.05) is 18.2 Å². The number of carbonyl (C=O) groups is 1. The summed E-state index contributed by atoms with van der Waals surface area (Å²) in [5, 5.41) is 15.4. The lowest BCUT2D eigenvalue weighted by Gasteiger charge is -2.51. The third-order valence-corrected chi connectivity index (χ3v) is 8.33. The molecule has 1 saturated heterocycles. The number of amides is 1. The van der Waals surface area contributed by atoms with E-state index in [9.17, 15) is 19.1 Å². The fourth-order valence-electron chi connectivity index (χ4n) is 5.76. The van der Waals surface area contributed by atoms with Crippen molar-refractivity contribution in [3.05, 3.63) is 97.8 Å². The Labute approximate surface area is 207 Å². The summed E-state index contributed by atoms with van der Waals surface area (Å²) in [5.74, 6) is -2.96. The summed E-state index contributed by atoms with van der Waals surface area (Å²) in [6, 6.07) is 9.09. The molecule has 1 fully saturated rings. The number of morpholine rings is 1. The number of hydrogen-bond acceptors (Lipinski definition) is 6. The average molecular weight is 508 g/mol. The van der Waals surface area contributed by atoms with Crippen molar-refractivity contribution in [3.63, 3.8) is 0 Å². The smallest absolute Gasteiger partial charge is 0.278 e. The second kappa shape index (κ2) is 7.62. The summed E-state index contributed by atoms with van der Waals surface area (Å²) in [7, 11) is 0. The zero-order valence-corrected chi connectivity index (χ0v) is 19.6. The summed E-state index contributed by atoms with van der Waals surface area (Å²) in [4.78, 5) is 27.3. The van der Waals surface area contributed by atoms with Crippen molar-refractivity contribution in [2.24, 2.45) is 0 Å². The first-order chi connectivity index (χ1) is 17.5. The Balaban J connectivity index is 1.59. The van der Waals surface area contributed by atoms with Crippen molar-refractivity contribution in [1.82, 2.24) is 9.58 Å². The fraction of sp³-hybridized carbons (Fsp3) is 0.231. The van der Waals surface area contributed by atoms with Crippen LogP contribution in [-0.2, 0) is 11.2 Å². The summed E-state index contributed by atoms with van der Waals surface area (Å²) >= 11 is 1.54. The number of pyridine rings is 1. The molecule has 3 aliphatic rings. The maximum atomic E-state index is 15.4. The van der Waals surface area contributed by atoms with Gasteiger partial charge in [-0.2, -0.15) is 0 Å². The number of aromatic hydroxyl groups is 1. The van der Waals surface area contributed by atoms with Gasteiger partial charge in [0.1, 0.15) is 6.17 Å². The van der Waals surface area contributed by atoms with Gasteiger partial charge in [-0.3, -0.25) is 19.3 Å². The topological polar surface area (TPSA) is 75.0 Å². The van der Waals surface area contributed by atoms with E-state index in [1.54, 1.807) is 11.0 Å². The van der Waals surface area contributed by atoms with E-state index in [1.165, 1.54) is 28.3 Å². The van der Waals surface area contributed by atoms with Crippen LogP contribution in [0.1, 0.15) is 38.8 Å². The zero-order valence-electron chi connectivity index (χ0n) is 18.8. The molecule has 0 bridgehead atoms. The standard InChI is InChI=1S/C26H19F2N3O4S/c27-17-5-4-14-16(22(17)28)10-13-12-36-19-3-1-2-15(21(13)19)23(14)31-20-11-35-9-8-29(20)26(34)24-25(33)18(32)6-7-30(24)31/h1-7,12,20,23,33H,8-11H2/t20-,23?/m1/s1. The summed E-state index contributed by atoms with van der Waals surface area (Å²) in [6.45, 7) is 0.729. The molecule has 2 atom stereocenters. The molecule has 182 valence electrons. The van der Waals surface area contributed by atoms with Crippen LogP contribution in [-0.4, -0.2) is 46.5 Å². The van der Waals surface area contributed by atoms with E-state index in [4.69, 9.17) is 4.74 Å². The predicted molar refractivity (Wildman–Crippen MR) is 129 cm³/mol. The number of thiophene rings is 1. The van der Waals surface area contributed by atoms with Crippen molar-refractivity contribution >= 4 is 27.3 Å². The van der Waals surface area contributed by atoms with Gasteiger partial charge in [0, 0.05) is 40.9 Å². The Hall–Kier alpha value is -3.76. The second-order valence-electron chi connectivity index (χ2n) is 9.15. The largest absolute Gasteiger partial charge is 0.502 e. The minimum absolute atomic E-state index is 0.160. The van der Waals surface area contributed by atoms with Crippen LogP contribution in [0.4, 0.5) is 8.78 Å². The molecule has 10 heteroatoms. The molecule has 1 N–H and O–H groups in total. The molecule has 7 nitrogen and oxygen atoms in total. The Morgan fingerprint density at radius 2 is 1.94 bits per heavy atom. The van der Waals surface area contributed by atoms with Gasteiger partial charge in [-0.25, -0.2) is 8.78 Å². The number of ether oxygens (including phenoxy) is 1. The Bertz CT molecular complexity index is 1650. The van der Waals surface area contributed by atoms with Gasteiger partial charge in [0.15, 0.2) is 23.1 Å². The van der Waals surface area contributed by atoms with Gasteiger partial charge in [0.2, 0.25) is 5.43 Å². The molecular weight excluding hydrogens is 488 g/mol. The third kappa shape index (κ3) is 2.79. The van der Waals surface area contributed by atoms with E-state index < -0.39 is 40.9 Å². The molecule has 1 amide bonds. The molecule has 0 saturated carbocycles. The first-order valence-electron chi connectivity index (χ1n) is 11.5. The quantitative estimate of drug-likeness (QED) is 0.427. The molecule has 36 heavy (non-hydrogen) atoms. The molecule has 2 aromatic heterocycles. The maximum absolute atomic E-state index is 15.4. The van der Waals surface area contributed by atoms with Crippen LogP contribution in [0, 0.1) is 11.6 Å². The lowest BCUT2D eigenvalue weighted by atomic mass is 9.93. The van der Waals surface area contributed by atoms with Crippen molar-refractivity contribution in [3.8, 4) is 5.75 Å².